The van der Waals surface area contributed by atoms with Gasteiger partial charge in [0.05, 0.1) is 18.7 Å². The molecule has 0 aliphatic carbocycles. The molecule has 0 fully saturated rings. The van der Waals surface area contributed by atoms with E-state index in [9.17, 15) is 15.2 Å². The van der Waals surface area contributed by atoms with Gasteiger partial charge in [-0.25, -0.2) is 14.8 Å². The minimum absolute atomic E-state index is 0.0263. The molecule has 0 saturated carbocycles. The van der Waals surface area contributed by atoms with E-state index in [1.807, 2.05) is 6.07 Å². The van der Waals surface area contributed by atoms with E-state index in [-0.39, 0.29) is 28.8 Å². The van der Waals surface area contributed by atoms with Crippen LogP contribution in [0.4, 0.5) is 0 Å². The van der Waals surface area contributed by atoms with Crippen LogP contribution in [-0.4, -0.2) is 28.2 Å². The first kappa shape index (κ1) is 20.4. The lowest BCUT2D eigenvalue weighted by molar-refractivity contribution is -0.130. The molecule has 1 aromatic heterocycles. The number of hydrogen-bond acceptors (Lipinski definition) is 7. The van der Waals surface area contributed by atoms with Gasteiger partial charge in [0.15, 0.2) is 0 Å². The molecule has 0 amide bonds. The molecule has 0 bridgehead atoms. The summed E-state index contributed by atoms with van der Waals surface area (Å²) in [5, 5.41) is 18.8. The van der Waals surface area contributed by atoms with Crippen molar-refractivity contribution in [2.24, 2.45) is 0 Å². The molecular weight excluding hydrogens is 386 g/mol. The second-order valence-corrected chi connectivity index (χ2v) is 5.94. The number of allylic oxidation sites excluding steroid dienone is 1. The second kappa shape index (κ2) is 9.21. The molecule has 8 nitrogen and oxygen atoms in total. The van der Waals surface area contributed by atoms with Gasteiger partial charge < -0.3 is 19.3 Å². The number of para-hydroxylation sites is 2. The van der Waals surface area contributed by atoms with Gasteiger partial charge in [-0.2, -0.15) is 5.26 Å². The quantitative estimate of drug-likeness (QED) is 0.456. The summed E-state index contributed by atoms with van der Waals surface area (Å²) in [6.07, 6.45) is 1.25. The molecular formula is C22H17N3O5. The zero-order valence-corrected chi connectivity index (χ0v) is 16.2. The zero-order valence-electron chi connectivity index (χ0n) is 16.2. The first-order valence-corrected chi connectivity index (χ1v) is 8.78. The minimum atomic E-state index is -1.15. The Bertz CT molecular complexity index is 1150. The molecule has 1 N–H and O–H groups in total. The third kappa shape index (κ3) is 4.54. The third-order valence-corrected chi connectivity index (χ3v) is 4.08. The van der Waals surface area contributed by atoms with E-state index in [1.165, 1.54) is 19.5 Å². The summed E-state index contributed by atoms with van der Waals surface area (Å²) in [6.45, 7) is 1.56. The number of rotatable bonds is 7. The lowest BCUT2D eigenvalue weighted by Crippen LogP contribution is -2.05. The highest BCUT2D eigenvalue weighted by Gasteiger charge is 2.20. The minimum Gasteiger partial charge on any atom is -0.500 e. The number of carboxylic acid groups (broad SMARTS) is 1. The highest BCUT2D eigenvalue weighted by atomic mass is 16.5. The van der Waals surface area contributed by atoms with Gasteiger partial charge in [0, 0.05) is 5.56 Å². The summed E-state index contributed by atoms with van der Waals surface area (Å²) in [5.74, 6) is 0.0118. The number of nitrogens with zero attached hydrogens (tertiary/aromatic N) is 3. The van der Waals surface area contributed by atoms with Crippen LogP contribution < -0.4 is 9.47 Å². The van der Waals surface area contributed by atoms with Crippen molar-refractivity contribution in [2.75, 3.05) is 7.11 Å². The van der Waals surface area contributed by atoms with Gasteiger partial charge in [-0.15, -0.1) is 0 Å². The third-order valence-electron chi connectivity index (χ3n) is 4.08. The first-order valence-electron chi connectivity index (χ1n) is 8.78. The summed E-state index contributed by atoms with van der Waals surface area (Å²) in [5.41, 5.74) is 0.664. The van der Waals surface area contributed by atoms with Crippen LogP contribution in [-0.2, 0) is 9.53 Å². The Labute approximate surface area is 172 Å². The van der Waals surface area contributed by atoms with Crippen molar-refractivity contribution < 1.29 is 24.1 Å². The van der Waals surface area contributed by atoms with Crippen LogP contribution in [0.15, 0.2) is 66.7 Å². The largest absolute Gasteiger partial charge is 0.500 e. The molecule has 0 aliphatic rings. The Kier molecular flexibility index (Phi) is 6.25. The fourth-order valence-corrected chi connectivity index (χ4v) is 2.63. The number of benzene rings is 2. The van der Waals surface area contributed by atoms with Gasteiger partial charge in [0.1, 0.15) is 35.2 Å². The molecule has 3 rings (SSSR count). The van der Waals surface area contributed by atoms with E-state index in [2.05, 4.69) is 9.97 Å². The fourth-order valence-electron chi connectivity index (χ4n) is 2.63. The molecule has 0 unspecified atom stereocenters. The lowest BCUT2D eigenvalue weighted by Gasteiger charge is -2.13. The van der Waals surface area contributed by atoms with E-state index in [0.717, 1.165) is 0 Å². The number of ether oxygens (including phenoxy) is 3. The Balaban J connectivity index is 1.93. The Hall–Kier alpha value is -4.38. The van der Waals surface area contributed by atoms with Crippen LogP contribution in [0.25, 0.3) is 5.57 Å². The normalized spacial score (nSPS) is 11.1. The summed E-state index contributed by atoms with van der Waals surface area (Å²) in [6, 6.07) is 16.9. The van der Waals surface area contributed by atoms with Gasteiger partial charge in [0.2, 0.25) is 11.8 Å². The SMILES string of the molecule is COC(C)=C(C(=O)O)c1ccccc1Oc1cc(Oc2ccccc2C#N)ncn1. The maximum atomic E-state index is 11.8. The molecule has 1 heterocycles. The van der Waals surface area contributed by atoms with E-state index in [1.54, 1.807) is 55.5 Å². The van der Waals surface area contributed by atoms with E-state index >= 15 is 0 Å². The van der Waals surface area contributed by atoms with Gasteiger partial charge in [0.25, 0.3) is 0 Å². The highest BCUT2D eigenvalue weighted by molar-refractivity contribution is 6.16. The molecule has 0 radical (unpaired) electrons. The highest BCUT2D eigenvalue weighted by Crippen LogP contribution is 2.33. The number of nitriles is 1. The summed E-state index contributed by atoms with van der Waals surface area (Å²) in [7, 11) is 1.40. The number of aromatic nitrogens is 2. The van der Waals surface area contributed by atoms with Crippen molar-refractivity contribution in [3.8, 4) is 29.3 Å². The summed E-state index contributed by atoms with van der Waals surface area (Å²) >= 11 is 0. The zero-order chi connectivity index (χ0) is 21.5. The van der Waals surface area contributed by atoms with Crippen LogP contribution in [0.2, 0.25) is 0 Å². The van der Waals surface area contributed by atoms with Crippen molar-refractivity contribution in [1.29, 1.82) is 5.26 Å². The Morgan fingerprint density at radius 2 is 1.60 bits per heavy atom. The topological polar surface area (TPSA) is 115 Å². The monoisotopic (exact) mass is 403 g/mol. The molecule has 0 spiro atoms. The first-order chi connectivity index (χ1) is 14.5. The molecule has 0 atom stereocenters. The number of carbonyl (C=O) groups is 1. The van der Waals surface area contributed by atoms with Crippen LogP contribution in [0.5, 0.6) is 23.3 Å². The van der Waals surface area contributed by atoms with Crippen molar-refractivity contribution in [3.05, 3.63) is 77.8 Å². The Morgan fingerprint density at radius 3 is 2.23 bits per heavy atom. The summed E-state index contributed by atoms with van der Waals surface area (Å²) < 4.78 is 16.6. The van der Waals surface area contributed by atoms with E-state index < -0.39 is 5.97 Å². The fraction of sp³-hybridized carbons (Fsp3) is 0.0909. The number of carboxylic acids is 1. The van der Waals surface area contributed by atoms with Crippen molar-refractivity contribution in [1.82, 2.24) is 9.97 Å². The molecule has 3 aromatic rings. The summed E-state index contributed by atoms with van der Waals surface area (Å²) in [4.78, 5) is 19.8. The van der Waals surface area contributed by atoms with Crippen LogP contribution in [0.3, 0.4) is 0 Å². The molecule has 2 aromatic carbocycles. The van der Waals surface area contributed by atoms with Gasteiger partial charge >= 0.3 is 5.97 Å². The second-order valence-electron chi connectivity index (χ2n) is 5.94. The molecule has 0 saturated heterocycles. The maximum Gasteiger partial charge on any atom is 0.339 e. The van der Waals surface area contributed by atoms with E-state index in [0.29, 0.717) is 16.9 Å². The van der Waals surface area contributed by atoms with Gasteiger partial charge in [-0.05, 0) is 25.1 Å². The molecule has 30 heavy (non-hydrogen) atoms. The van der Waals surface area contributed by atoms with Crippen LogP contribution >= 0.6 is 0 Å². The Morgan fingerprint density at radius 1 is 1.00 bits per heavy atom. The van der Waals surface area contributed by atoms with Crippen molar-refractivity contribution >= 4 is 11.5 Å². The average molecular weight is 403 g/mol. The van der Waals surface area contributed by atoms with Crippen LogP contribution in [0.1, 0.15) is 18.1 Å². The standard InChI is InChI=1S/C22H17N3O5/c1-14(28-2)21(22(26)27)16-8-4-6-10-18(16)30-20-11-19(24-13-25-20)29-17-9-5-3-7-15(17)12-23/h3-11,13H,1-2H3,(H,26,27). The predicted octanol–water partition coefficient (Wildman–Crippen LogP) is 4.39. The maximum absolute atomic E-state index is 11.8. The van der Waals surface area contributed by atoms with E-state index in [4.69, 9.17) is 14.2 Å². The van der Waals surface area contributed by atoms with Crippen LogP contribution in [0, 0.1) is 11.3 Å². The smallest absolute Gasteiger partial charge is 0.339 e. The average Bonchev–Trinajstić information content (AvgIpc) is 2.75. The van der Waals surface area contributed by atoms with Crippen molar-refractivity contribution in [2.45, 2.75) is 6.92 Å². The predicted molar refractivity (Wildman–Crippen MR) is 107 cm³/mol. The van der Waals surface area contributed by atoms with Gasteiger partial charge in [-0.1, -0.05) is 30.3 Å². The number of methoxy groups -OCH3 is 1. The lowest BCUT2D eigenvalue weighted by atomic mass is 10.0. The molecule has 8 heteroatoms. The number of hydrogen-bond donors (Lipinski definition) is 1. The molecule has 150 valence electrons. The number of aliphatic carboxylic acids is 1. The van der Waals surface area contributed by atoms with Crippen molar-refractivity contribution in [3.63, 3.8) is 0 Å². The van der Waals surface area contributed by atoms with Gasteiger partial charge in [-0.3, -0.25) is 0 Å². The molecule has 0 aliphatic heterocycles.